The van der Waals surface area contributed by atoms with Gasteiger partial charge in [-0.3, -0.25) is 9.59 Å². The average Bonchev–Trinajstić information content (AvgIpc) is 2.45. The molecule has 0 spiro atoms. The van der Waals surface area contributed by atoms with E-state index in [1.165, 1.54) is 19.3 Å². The van der Waals surface area contributed by atoms with Gasteiger partial charge in [0.1, 0.15) is 5.78 Å². The molecule has 3 nitrogen and oxygen atoms in total. The number of rotatable bonds is 7. The SMILES string of the molecule is CCCCCCOC(=O)C12CC3CC(CC(C(C)=O)(C3)C1)C2. The summed E-state index contributed by atoms with van der Waals surface area (Å²) in [4.78, 5) is 25.0. The van der Waals surface area contributed by atoms with Crippen molar-refractivity contribution in [1.82, 2.24) is 0 Å². The first-order valence-electron chi connectivity index (χ1n) is 9.18. The van der Waals surface area contributed by atoms with Gasteiger partial charge in [-0.05, 0) is 63.7 Å². The Bertz CT molecular complexity index is 440. The number of unbranched alkanes of at least 4 members (excludes halogenated alkanes) is 3. The third-order valence-electron chi connectivity index (χ3n) is 6.47. The van der Waals surface area contributed by atoms with Crippen LogP contribution < -0.4 is 0 Å². The Labute approximate surface area is 134 Å². The molecule has 124 valence electrons. The first-order chi connectivity index (χ1) is 10.5. The van der Waals surface area contributed by atoms with E-state index in [-0.39, 0.29) is 16.8 Å². The number of hydrogen-bond acceptors (Lipinski definition) is 3. The van der Waals surface area contributed by atoms with E-state index < -0.39 is 0 Å². The minimum atomic E-state index is -0.333. The molecule has 2 unspecified atom stereocenters. The van der Waals surface area contributed by atoms with Gasteiger partial charge < -0.3 is 4.74 Å². The number of Topliss-reactive ketones (excluding diaryl/α,β-unsaturated/α-hetero) is 1. The maximum absolute atomic E-state index is 12.8. The predicted molar refractivity (Wildman–Crippen MR) is 85.3 cm³/mol. The molecule has 2 atom stereocenters. The lowest BCUT2D eigenvalue weighted by atomic mass is 9.43. The Morgan fingerprint density at radius 2 is 1.64 bits per heavy atom. The Morgan fingerprint density at radius 3 is 2.23 bits per heavy atom. The van der Waals surface area contributed by atoms with Crippen LogP contribution >= 0.6 is 0 Å². The normalized spacial score (nSPS) is 39.0. The molecular weight excluding hydrogens is 276 g/mol. The molecule has 4 bridgehead atoms. The summed E-state index contributed by atoms with van der Waals surface area (Å²) in [5.74, 6) is 1.45. The number of carbonyl (C=O) groups excluding carboxylic acids is 2. The van der Waals surface area contributed by atoms with Gasteiger partial charge in [-0.15, -0.1) is 0 Å². The predicted octanol–water partition coefficient (Wildman–Crippen LogP) is 4.29. The third-order valence-corrected chi connectivity index (χ3v) is 6.47. The molecular formula is C19H30O3. The van der Waals surface area contributed by atoms with Crippen molar-refractivity contribution in [1.29, 1.82) is 0 Å². The molecule has 0 saturated heterocycles. The monoisotopic (exact) mass is 306 g/mol. The summed E-state index contributed by atoms with van der Waals surface area (Å²) in [5.41, 5.74) is -0.536. The Balaban J connectivity index is 1.65. The van der Waals surface area contributed by atoms with E-state index in [4.69, 9.17) is 4.74 Å². The van der Waals surface area contributed by atoms with Gasteiger partial charge >= 0.3 is 5.97 Å². The van der Waals surface area contributed by atoms with Crippen LogP contribution in [-0.2, 0) is 14.3 Å². The zero-order valence-electron chi connectivity index (χ0n) is 14.2. The van der Waals surface area contributed by atoms with Crippen molar-refractivity contribution in [3.05, 3.63) is 0 Å². The van der Waals surface area contributed by atoms with Gasteiger partial charge in [-0.2, -0.15) is 0 Å². The highest BCUT2D eigenvalue weighted by atomic mass is 16.5. The summed E-state index contributed by atoms with van der Waals surface area (Å²) >= 11 is 0. The molecule has 0 N–H and O–H groups in total. The molecule has 0 heterocycles. The van der Waals surface area contributed by atoms with Crippen LogP contribution in [0, 0.1) is 22.7 Å². The smallest absolute Gasteiger partial charge is 0.312 e. The van der Waals surface area contributed by atoms with Crippen LogP contribution in [-0.4, -0.2) is 18.4 Å². The molecule has 4 rings (SSSR count). The van der Waals surface area contributed by atoms with Crippen molar-refractivity contribution in [2.75, 3.05) is 6.61 Å². The second-order valence-electron chi connectivity index (χ2n) is 8.27. The average molecular weight is 306 g/mol. The summed E-state index contributed by atoms with van der Waals surface area (Å²) in [6, 6.07) is 0. The lowest BCUT2D eigenvalue weighted by molar-refractivity contribution is -0.182. The first kappa shape index (κ1) is 16.0. The fourth-order valence-electron chi connectivity index (χ4n) is 5.76. The lowest BCUT2D eigenvalue weighted by Gasteiger charge is -2.59. The van der Waals surface area contributed by atoms with Gasteiger partial charge in [0.15, 0.2) is 0 Å². The molecule has 4 aliphatic carbocycles. The van der Waals surface area contributed by atoms with E-state index in [1.807, 2.05) is 0 Å². The maximum atomic E-state index is 12.8. The molecule has 4 saturated carbocycles. The molecule has 0 amide bonds. The van der Waals surface area contributed by atoms with Crippen LogP contribution in [0.3, 0.4) is 0 Å². The summed E-state index contributed by atoms with van der Waals surface area (Å²) in [5, 5.41) is 0. The van der Waals surface area contributed by atoms with Crippen LogP contribution in [0.1, 0.15) is 78.1 Å². The van der Waals surface area contributed by atoms with E-state index in [1.54, 1.807) is 6.92 Å². The number of ether oxygens (including phenoxy) is 1. The van der Waals surface area contributed by atoms with Crippen LogP contribution in [0.25, 0.3) is 0 Å². The fourth-order valence-corrected chi connectivity index (χ4v) is 5.76. The van der Waals surface area contributed by atoms with Crippen LogP contribution in [0.2, 0.25) is 0 Å². The van der Waals surface area contributed by atoms with E-state index in [9.17, 15) is 9.59 Å². The highest BCUT2D eigenvalue weighted by molar-refractivity contribution is 5.86. The fraction of sp³-hybridized carbons (Fsp3) is 0.895. The lowest BCUT2D eigenvalue weighted by Crippen LogP contribution is -2.57. The van der Waals surface area contributed by atoms with E-state index >= 15 is 0 Å². The second-order valence-corrected chi connectivity index (χ2v) is 8.27. The number of esters is 1. The molecule has 22 heavy (non-hydrogen) atoms. The number of hydrogen-bond donors (Lipinski definition) is 0. The largest absolute Gasteiger partial charge is 0.465 e. The Kier molecular flexibility index (Phi) is 4.35. The molecule has 0 radical (unpaired) electrons. The van der Waals surface area contributed by atoms with Gasteiger partial charge in [0, 0.05) is 5.41 Å². The van der Waals surface area contributed by atoms with Gasteiger partial charge in [0.2, 0.25) is 0 Å². The summed E-state index contributed by atoms with van der Waals surface area (Å²) < 4.78 is 5.65. The van der Waals surface area contributed by atoms with Gasteiger partial charge in [-0.25, -0.2) is 0 Å². The highest BCUT2D eigenvalue weighted by Gasteiger charge is 2.62. The highest BCUT2D eigenvalue weighted by Crippen LogP contribution is 2.65. The minimum absolute atomic E-state index is 0.00345. The van der Waals surface area contributed by atoms with Crippen molar-refractivity contribution in [2.24, 2.45) is 22.7 Å². The van der Waals surface area contributed by atoms with Crippen molar-refractivity contribution in [3.63, 3.8) is 0 Å². The van der Waals surface area contributed by atoms with Crippen LogP contribution in [0.4, 0.5) is 0 Å². The van der Waals surface area contributed by atoms with Gasteiger partial charge in [0.05, 0.1) is 12.0 Å². The molecule has 3 heteroatoms. The van der Waals surface area contributed by atoms with E-state index in [0.29, 0.717) is 24.2 Å². The standard InChI is InChI=1S/C19H30O3/c1-3-4-5-6-7-22-17(21)19-11-15-8-16(12-19)10-18(9-15,13-19)14(2)20/h15-16H,3-13H2,1-2H3. The Morgan fingerprint density at radius 1 is 1.00 bits per heavy atom. The summed E-state index contributed by atoms with van der Waals surface area (Å²) in [7, 11) is 0. The topological polar surface area (TPSA) is 43.4 Å². The number of carbonyl (C=O) groups is 2. The first-order valence-corrected chi connectivity index (χ1v) is 9.18. The van der Waals surface area contributed by atoms with Gasteiger partial charge in [-0.1, -0.05) is 26.2 Å². The van der Waals surface area contributed by atoms with Crippen molar-refractivity contribution < 1.29 is 14.3 Å². The van der Waals surface area contributed by atoms with Crippen molar-refractivity contribution in [2.45, 2.75) is 78.1 Å². The zero-order chi connectivity index (χ0) is 15.8. The summed E-state index contributed by atoms with van der Waals surface area (Å²) in [6.07, 6.45) is 10.5. The zero-order valence-corrected chi connectivity index (χ0v) is 14.2. The molecule has 0 aromatic rings. The second kappa shape index (κ2) is 5.98. The quantitative estimate of drug-likeness (QED) is 0.520. The molecule has 0 aromatic heterocycles. The minimum Gasteiger partial charge on any atom is -0.465 e. The molecule has 4 aliphatic rings. The van der Waals surface area contributed by atoms with Crippen LogP contribution in [0.5, 0.6) is 0 Å². The molecule has 0 aromatic carbocycles. The third kappa shape index (κ3) is 2.72. The van der Waals surface area contributed by atoms with Crippen molar-refractivity contribution in [3.8, 4) is 0 Å². The Hall–Kier alpha value is -0.860. The van der Waals surface area contributed by atoms with E-state index in [2.05, 4.69) is 6.92 Å². The van der Waals surface area contributed by atoms with Crippen LogP contribution in [0.15, 0.2) is 0 Å². The van der Waals surface area contributed by atoms with E-state index in [0.717, 1.165) is 44.9 Å². The maximum Gasteiger partial charge on any atom is 0.312 e. The summed E-state index contributed by atoms with van der Waals surface area (Å²) in [6.45, 7) is 4.47. The van der Waals surface area contributed by atoms with Crippen molar-refractivity contribution >= 4 is 11.8 Å². The number of ketones is 1. The molecule has 4 fully saturated rings. The molecule has 0 aliphatic heterocycles. The van der Waals surface area contributed by atoms with Gasteiger partial charge in [0.25, 0.3) is 0 Å².